The summed E-state index contributed by atoms with van der Waals surface area (Å²) in [4.78, 5) is 47.9. The Balaban J connectivity index is 1.34. The number of likely N-dealkylation sites (tertiary alicyclic amines) is 1. The maximum absolute atomic E-state index is 13.8. The first-order valence-electron chi connectivity index (χ1n) is 16.6. The topological polar surface area (TPSA) is 121 Å². The molecular formula is C38H44N6O4. The average Bonchev–Trinajstić information content (AvgIpc) is 3.77. The van der Waals surface area contributed by atoms with E-state index in [1.165, 1.54) is 7.11 Å². The number of hydrogen-bond acceptors (Lipinski definition) is 7. The van der Waals surface area contributed by atoms with Crippen LogP contribution in [-0.4, -0.2) is 76.0 Å². The number of ether oxygens (including phenoxy) is 1. The van der Waals surface area contributed by atoms with E-state index in [9.17, 15) is 14.4 Å². The van der Waals surface area contributed by atoms with E-state index in [1.54, 1.807) is 29.6 Å². The zero-order chi connectivity index (χ0) is 34.0. The van der Waals surface area contributed by atoms with Crippen LogP contribution in [-0.2, 0) is 38.6 Å². The summed E-state index contributed by atoms with van der Waals surface area (Å²) in [5, 5.41) is 14.6. The molecule has 4 aromatic rings. The minimum absolute atomic E-state index is 0.108. The maximum atomic E-state index is 13.8. The van der Waals surface area contributed by atoms with Crippen molar-refractivity contribution in [2.24, 2.45) is 5.92 Å². The third-order valence-corrected chi connectivity index (χ3v) is 9.39. The van der Waals surface area contributed by atoms with Gasteiger partial charge in [-0.15, -0.1) is 0 Å². The summed E-state index contributed by atoms with van der Waals surface area (Å²) < 4.78 is 6.94. The number of nitrogens with zero attached hydrogens (tertiary/aromatic N) is 5. The molecule has 2 amide bonds. The molecule has 3 atom stereocenters. The van der Waals surface area contributed by atoms with Crippen LogP contribution in [0.1, 0.15) is 55.5 Å². The van der Waals surface area contributed by atoms with Gasteiger partial charge in [-0.3, -0.25) is 14.5 Å². The number of methoxy groups -OCH3 is 1. The van der Waals surface area contributed by atoms with Crippen LogP contribution in [0.4, 0.5) is 0 Å². The van der Waals surface area contributed by atoms with Gasteiger partial charge in [-0.05, 0) is 52.8 Å². The molecule has 10 nitrogen and oxygen atoms in total. The zero-order valence-corrected chi connectivity index (χ0v) is 28.0. The number of esters is 1. The second kappa shape index (κ2) is 16.2. The molecule has 0 aliphatic carbocycles. The van der Waals surface area contributed by atoms with Gasteiger partial charge < -0.3 is 19.5 Å². The van der Waals surface area contributed by atoms with Gasteiger partial charge in [0.15, 0.2) is 0 Å². The van der Waals surface area contributed by atoms with Gasteiger partial charge in [0.2, 0.25) is 11.8 Å². The number of amides is 2. The molecule has 0 radical (unpaired) electrons. The van der Waals surface area contributed by atoms with Crippen LogP contribution < -0.4 is 5.32 Å². The molecule has 0 spiro atoms. The highest BCUT2D eigenvalue weighted by Crippen LogP contribution is 2.23. The van der Waals surface area contributed by atoms with Gasteiger partial charge in [0.1, 0.15) is 6.04 Å². The average molecular weight is 649 g/mol. The number of hydrogen-bond donors (Lipinski definition) is 1. The molecule has 0 unspecified atom stereocenters. The van der Waals surface area contributed by atoms with E-state index < -0.39 is 6.04 Å². The number of rotatable bonds is 14. The molecule has 1 saturated heterocycles. The van der Waals surface area contributed by atoms with Crippen molar-refractivity contribution in [2.75, 3.05) is 26.7 Å². The van der Waals surface area contributed by atoms with Gasteiger partial charge in [-0.1, -0.05) is 74.9 Å². The largest absolute Gasteiger partial charge is 0.467 e. The van der Waals surface area contributed by atoms with Gasteiger partial charge >= 0.3 is 5.97 Å². The molecule has 1 N–H and O–H groups in total. The lowest BCUT2D eigenvalue weighted by Crippen LogP contribution is -2.51. The first-order valence-corrected chi connectivity index (χ1v) is 16.6. The summed E-state index contributed by atoms with van der Waals surface area (Å²) in [6.45, 7) is 6.33. The number of carbonyl (C=O) groups excluding carboxylic acids is 3. The second-order valence-corrected chi connectivity index (χ2v) is 12.6. The molecule has 250 valence electrons. The van der Waals surface area contributed by atoms with Crippen LogP contribution in [0.15, 0.2) is 79.3 Å². The second-order valence-electron chi connectivity index (χ2n) is 12.6. The minimum Gasteiger partial charge on any atom is -0.467 e. The lowest BCUT2D eigenvalue weighted by atomic mass is 9.97. The van der Waals surface area contributed by atoms with Crippen LogP contribution in [0.3, 0.4) is 0 Å². The highest BCUT2D eigenvalue weighted by Gasteiger charge is 2.36. The maximum Gasteiger partial charge on any atom is 0.328 e. The van der Waals surface area contributed by atoms with E-state index in [4.69, 9.17) is 10.00 Å². The van der Waals surface area contributed by atoms with Gasteiger partial charge in [0, 0.05) is 44.1 Å². The van der Waals surface area contributed by atoms with E-state index in [-0.39, 0.29) is 42.7 Å². The predicted octanol–water partition coefficient (Wildman–Crippen LogP) is 4.70. The zero-order valence-electron chi connectivity index (χ0n) is 28.0. The Hall–Kier alpha value is -5.01. The predicted molar refractivity (Wildman–Crippen MR) is 184 cm³/mol. The third kappa shape index (κ3) is 8.47. The van der Waals surface area contributed by atoms with Crippen LogP contribution in [0.25, 0.3) is 10.8 Å². The Labute approximate surface area is 282 Å². The van der Waals surface area contributed by atoms with Crippen molar-refractivity contribution in [2.45, 2.75) is 64.7 Å². The van der Waals surface area contributed by atoms with Crippen molar-refractivity contribution >= 4 is 28.6 Å². The molecule has 3 aromatic carbocycles. The number of benzene rings is 3. The Kier molecular flexibility index (Phi) is 11.6. The fraction of sp³-hybridized carbons (Fsp3) is 0.395. The molecule has 1 aromatic heterocycles. The van der Waals surface area contributed by atoms with Crippen LogP contribution >= 0.6 is 0 Å². The van der Waals surface area contributed by atoms with E-state index >= 15 is 0 Å². The number of nitriles is 1. The van der Waals surface area contributed by atoms with Crippen molar-refractivity contribution in [3.8, 4) is 6.07 Å². The standard InChI is InChI=1S/C38H44N6O4/c1-4-27(2)34(41-36(45)19-32-21-40-26-43(32)22-29-16-14-28(20-39)15-17-29)24-42(23-31-11-7-10-30-9-5-6-12-33(30)31)25-37(46)44-18-8-13-35(44)38(47)48-3/h5-7,9-12,14-17,21,26-27,34-35H,4,8,13,18-19,22-25H2,1-3H3,(H,41,45)/t27-,34+,35+/m0/s1. The van der Waals surface area contributed by atoms with E-state index in [0.717, 1.165) is 40.4 Å². The summed E-state index contributed by atoms with van der Waals surface area (Å²) >= 11 is 0. The molecule has 0 saturated carbocycles. The minimum atomic E-state index is -0.568. The Morgan fingerprint density at radius 1 is 1.10 bits per heavy atom. The Morgan fingerprint density at radius 2 is 1.88 bits per heavy atom. The quantitative estimate of drug-likeness (QED) is 0.197. The summed E-state index contributed by atoms with van der Waals surface area (Å²) in [6, 6.07) is 23.1. The van der Waals surface area contributed by atoms with Crippen molar-refractivity contribution in [3.63, 3.8) is 0 Å². The molecule has 2 heterocycles. The molecule has 1 aliphatic rings. The SMILES string of the molecule is CC[C@H](C)[C@@H](CN(CC(=O)N1CCC[C@@H]1C(=O)OC)Cc1cccc2ccccc12)NC(=O)Cc1cncn1Cc1ccc(C#N)cc1. The Morgan fingerprint density at radius 3 is 2.62 bits per heavy atom. The summed E-state index contributed by atoms with van der Waals surface area (Å²) in [6.07, 6.45) is 5.76. The fourth-order valence-corrected chi connectivity index (χ4v) is 6.46. The number of carbonyl (C=O) groups is 3. The molecule has 48 heavy (non-hydrogen) atoms. The first-order chi connectivity index (χ1) is 23.3. The fourth-order valence-electron chi connectivity index (χ4n) is 6.46. The number of fused-ring (bicyclic) bond motifs is 1. The monoisotopic (exact) mass is 648 g/mol. The highest BCUT2D eigenvalue weighted by molar-refractivity contribution is 5.87. The highest BCUT2D eigenvalue weighted by atomic mass is 16.5. The third-order valence-electron chi connectivity index (χ3n) is 9.39. The smallest absolute Gasteiger partial charge is 0.328 e. The van der Waals surface area contributed by atoms with Crippen molar-refractivity contribution in [1.29, 1.82) is 5.26 Å². The molecular weight excluding hydrogens is 604 g/mol. The molecule has 1 fully saturated rings. The first kappa shape index (κ1) is 34.3. The summed E-state index contributed by atoms with van der Waals surface area (Å²) in [5.74, 6) is -0.491. The molecule has 10 heteroatoms. The number of imidazole rings is 1. The number of aromatic nitrogens is 2. The lowest BCUT2D eigenvalue weighted by Gasteiger charge is -2.33. The van der Waals surface area contributed by atoms with Crippen LogP contribution in [0, 0.1) is 17.2 Å². The van der Waals surface area contributed by atoms with Gasteiger partial charge in [-0.2, -0.15) is 5.26 Å². The molecule has 5 rings (SSSR count). The van der Waals surface area contributed by atoms with Crippen molar-refractivity contribution in [3.05, 3.63) is 102 Å². The van der Waals surface area contributed by atoms with Crippen LogP contribution in [0.2, 0.25) is 0 Å². The summed E-state index contributed by atoms with van der Waals surface area (Å²) in [7, 11) is 1.36. The molecule has 1 aliphatic heterocycles. The Bertz CT molecular complexity index is 1760. The number of nitrogens with one attached hydrogen (secondary N) is 1. The van der Waals surface area contributed by atoms with E-state index in [0.29, 0.717) is 38.2 Å². The van der Waals surface area contributed by atoms with Gasteiger partial charge in [0.25, 0.3) is 0 Å². The van der Waals surface area contributed by atoms with Crippen molar-refractivity contribution in [1.82, 2.24) is 24.7 Å². The van der Waals surface area contributed by atoms with E-state index in [2.05, 4.69) is 59.4 Å². The van der Waals surface area contributed by atoms with E-state index in [1.807, 2.05) is 34.9 Å². The van der Waals surface area contributed by atoms with Gasteiger partial charge in [0.05, 0.1) is 38.0 Å². The lowest BCUT2D eigenvalue weighted by molar-refractivity contribution is -0.151. The molecule has 0 bridgehead atoms. The van der Waals surface area contributed by atoms with Gasteiger partial charge in [-0.25, -0.2) is 9.78 Å². The van der Waals surface area contributed by atoms with Crippen LogP contribution in [0.5, 0.6) is 0 Å². The normalized spacial score (nSPS) is 15.6. The summed E-state index contributed by atoms with van der Waals surface area (Å²) in [5.41, 5.74) is 3.48. The van der Waals surface area contributed by atoms with Crippen molar-refractivity contribution < 1.29 is 19.1 Å².